The quantitative estimate of drug-likeness (QED) is 0.163. The van der Waals surface area contributed by atoms with E-state index in [4.69, 9.17) is 0 Å². The molecular formula is C52H40N2. The summed E-state index contributed by atoms with van der Waals surface area (Å²) in [7, 11) is 0. The standard InChI is InChI=1S/C52H40N2/c1-52(2,3)39-27-32-41(33-28-39)54-48-19-9-8-17-46(48)51-49(20-11-21-50(51)54)53(42-31-26-38-23-22-36-13-5-7-16-45(36)47(38)34-42)40-29-24-37(25-30-40)44-18-10-14-35-12-4-6-15-43(35)44/h4-34H,1-3H3. The second-order valence-corrected chi connectivity index (χ2v) is 15.4. The maximum Gasteiger partial charge on any atom is 0.0562 e. The Labute approximate surface area is 316 Å². The van der Waals surface area contributed by atoms with Gasteiger partial charge in [-0.2, -0.15) is 0 Å². The first-order valence-electron chi connectivity index (χ1n) is 18.9. The number of anilines is 3. The summed E-state index contributed by atoms with van der Waals surface area (Å²) in [5.41, 5.74) is 10.8. The molecule has 54 heavy (non-hydrogen) atoms. The lowest BCUT2D eigenvalue weighted by molar-refractivity contribution is 0.590. The fraction of sp³-hybridized carbons (Fsp3) is 0.0769. The van der Waals surface area contributed by atoms with Crippen LogP contribution in [0.3, 0.4) is 0 Å². The molecule has 0 aliphatic rings. The highest BCUT2D eigenvalue weighted by molar-refractivity contribution is 6.17. The van der Waals surface area contributed by atoms with Crippen LogP contribution in [0.1, 0.15) is 26.3 Å². The summed E-state index contributed by atoms with van der Waals surface area (Å²) in [4.78, 5) is 2.45. The van der Waals surface area contributed by atoms with E-state index >= 15 is 0 Å². The van der Waals surface area contributed by atoms with Crippen molar-refractivity contribution in [1.29, 1.82) is 0 Å². The topological polar surface area (TPSA) is 8.17 Å². The Morgan fingerprint density at radius 1 is 0.426 bits per heavy atom. The lowest BCUT2D eigenvalue weighted by atomic mass is 9.87. The number of rotatable bonds is 5. The molecule has 0 aliphatic carbocycles. The van der Waals surface area contributed by atoms with Crippen molar-refractivity contribution in [3.63, 3.8) is 0 Å². The van der Waals surface area contributed by atoms with Gasteiger partial charge >= 0.3 is 0 Å². The summed E-state index contributed by atoms with van der Waals surface area (Å²) in [5.74, 6) is 0. The van der Waals surface area contributed by atoms with Crippen molar-refractivity contribution >= 4 is 71.2 Å². The van der Waals surface area contributed by atoms with E-state index in [0.29, 0.717) is 0 Å². The Bertz CT molecular complexity index is 3010. The van der Waals surface area contributed by atoms with Gasteiger partial charge < -0.3 is 9.47 Å². The summed E-state index contributed by atoms with van der Waals surface area (Å²) < 4.78 is 2.43. The van der Waals surface area contributed by atoms with Gasteiger partial charge in [0.15, 0.2) is 0 Å². The van der Waals surface area contributed by atoms with E-state index in [1.807, 2.05) is 0 Å². The first-order chi connectivity index (χ1) is 26.4. The second-order valence-electron chi connectivity index (χ2n) is 15.4. The molecule has 258 valence electrons. The van der Waals surface area contributed by atoms with Crippen molar-refractivity contribution in [2.75, 3.05) is 4.90 Å². The van der Waals surface area contributed by atoms with E-state index in [2.05, 4.69) is 218 Å². The van der Waals surface area contributed by atoms with Crippen LogP contribution in [0.5, 0.6) is 0 Å². The summed E-state index contributed by atoms with van der Waals surface area (Å²) in [6.45, 7) is 6.81. The molecule has 0 unspecified atom stereocenters. The first-order valence-corrected chi connectivity index (χ1v) is 18.9. The normalized spacial score (nSPS) is 12.0. The van der Waals surface area contributed by atoms with Crippen molar-refractivity contribution in [1.82, 2.24) is 4.57 Å². The average Bonchev–Trinajstić information content (AvgIpc) is 3.56. The summed E-state index contributed by atoms with van der Waals surface area (Å²) in [5, 5.41) is 9.95. The Balaban J connectivity index is 1.22. The number of nitrogens with zero attached hydrogens (tertiary/aromatic N) is 2. The zero-order chi connectivity index (χ0) is 36.4. The van der Waals surface area contributed by atoms with Crippen LogP contribution in [0, 0.1) is 0 Å². The molecule has 0 amide bonds. The van der Waals surface area contributed by atoms with Crippen LogP contribution in [0.15, 0.2) is 188 Å². The molecule has 0 radical (unpaired) electrons. The predicted molar refractivity (Wildman–Crippen MR) is 232 cm³/mol. The third-order valence-electron chi connectivity index (χ3n) is 11.1. The third-order valence-corrected chi connectivity index (χ3v) is 11.1. The number of aromatic nitrogens is 1. The molecular weight excluding hydrogens is 653 g/mol. The van der Waals surface area contributed by atoms with Crippen LogP contribution in [0.25, 0.3) is 70.9 Å². The van der Waals surface area contributed by atoms with Gasteiger partial charge in [-0.3, -0.25) is 0 Å². The van der Waals surface area contributed by atoms with Crippen molar-refractivity contribution in [2.24, 2.45) is 0 Å². The van der Waals surface area contributed by atoms with Gasteiger partial charge in [-0.1, -0.05) is 154 Å². The van der Waals surface area contributed by atoms with Crippen LogP contribution in [0.4, 0.5) is 17.1 Å². The van der Waals surface area contributed by atoms with Crippen LogP contribution < -0.4 is 4.90 Å². The largest absolute Gasteiger partial charge is 0.310 e. The number of benzene rings is 9. The summed E-state index contributed by atoms with van der Waals surface area (Å²) in [6.07, 6.45) is 0. The molecule has 10 rings (SSSR count). The van der Waals surface area contributed by atoms with Gasteiger partial charge in [-0.25, -0.2) is 0 Å². The van der Waals surface area contributed by atoms with Crippen LogP contribution in [-0.4, -0.2) is 4.57 Å². The SMILES string of the molecule is CC(C)(C)c1ccc(-n2c3ccccc3c3c(N(c4ccc(-c5cccc6ccccc56)cc4)c4ccc5ccc6ccccc6c5c4)cccc32)cc1. The molecule has 0 bridgehead atoms. The van der Waals surface area contributed by atoms with Gasteiger partial charge in [0.25, 0.3) is 0 Å². The van der Waals surface area contributed by atoms with Crippen molar-refractivity contribution in [3.05, 3.63) is 194 Å². The lowest BCUT2D eigenvalue weighted by Crippen LogP contribution is -2.11. The fourth-order valence-electron chi connectivity index (χ4n) is 8.40. The van der Waals surface area contributed by atoms with E-state index in [1.165, 1.54) is 70.8 Å². The molecule has 0 N–H and O–H groups in total. The predicted octanol–water partition coefficient (Wildman–Crippen LogP) is 14.7. The van der Waals surface area contributed by atoms with Crippen LogP contribution >= 0.6 is 0 Å². The minimum absolute atomic E-state index is 0.0847. The van der Waals surface area contributed by atoms with Gasteiger partial charge in [0, 0.05) is 27.8 Å². The van der Waals surface area contributed by atoms with Crippen molar-refractivity contribution < 1.29 is 0 Å². The highest BCUT2D eigenvalue weighted by atomic mass is 15.1. The molecule has 2 heteroatoms. The molecule has 10 aromatic rings. The molecule has 1 aromatic heterocycles. The van der Waals surface area contributed by atoms with E-state index in [0.717, 1.165) is 22.7 Å². The molecule has 0 fully saturated rings. The van der Waals surface area contributed by atoms with Gasteiger partial charge in [0.05, 0.1) is 16.7 Å². The Kier molecular flexibility index (Phi) is 7.42. The number of hydrogen-bond acceptors (Lipinski definition) is 1. The lowest BCUT2D eigenvalue weighted by Gasteiger charge is -2.27. The van der Waals surface area contributed by atoms with E-state index < -0.39 is 0 Å². The molecule has 1 heterocycles. The van der Waals surface area contributed by atoms with Crippen LogP contribution in [0.2, 0.25) is 0 Å². The summed E-state index contributed by atoms with van der Waals surface area (Å²) >= 11 is 0. The van der Waals surface area contributed by atoms with E-state index in [-0.39, 0.29) is 5.41 Å². The zero-order valence-electron chi connectivity index (χ0n) is 30.8. The maximum absolute atomic E-state index is 2.45. The minimum Gasteiger partial charge on any atom is -0.310 e. The van der Waals surface area contributed by atoms with Gasteiger partial charge in [-0.05, 0) is 109 Å². The molecule has 2 nitrogen and oxygen atoms in total. The third kappa shape index (κ3) is 5.25. The van der Waals surface area contributed by atoms with E-state index in [9.17, 15) is 0 Å². The molecule has 0 saturated carbocycles. The van der Waals surface area contributed by atoms with Crippen molar-refractivity contribution in [3.8, 4) is 16.8 Å². The minimum atomic E-state index is 0.0847. The number of para-hydroxylation sites is 1. The van der Waals surface area contributed by atoms with Gasteiger partial charge in [0.1, 0.15) is 0 Å². The molecule has 0 aliphatic heterocycles. The smallest absolute Gasteiger partial charge is 0.0562 e. The van der Waals surface area contributed by atoms with E-state index in [1.54, 1.807) is 0 Å². The van der Waals surface area contributed by atoms with Crippen molar-refractivity contribution in [2.45, 2.75) is 26.2 Å². The summed E-state index contributed by atoms with van der Waals surface area (Å²) in [6, 6.07) is 69.2. The Morgan fingerprint density at radius 3 is 1.76 bits per heavy atom. The zero-order valence-corrected chi connectivity index (χ0v) is 30.8. The van der Waals surface area contributed by atoms with Gasteiger partial charge in [0.2, 0.25) is 0 Å². The fourth-order valence-corrected chi connectivity index (χ4v) is 8.40. The molecule has 0 atom stereocenters. The molecule has 9 aromatic carbocycles. The highest BCUT2D eigenvalue weighted by Gasteiger charge is 2.22. The van der Waals surface area contributed by atoms with Crippen LogP contribution in [-0.2, 0) is 5.41 Å². The average molecular weight is 693 g/mol. The first kappa shape index (κ1) is 32.0. The Morgan fingerprint density at radius 2 is 1.00 bits per heavy atom. The monoisotopic (exact) mass is 692 g/mol. The van der Waals surface area contributed by atoms with Gasteiger partial charge in [-0.15, -0.1) is 0 Å². The Hall–Kier alpha value is -6.64. The number of fused-ring (bicyclic) bond motifs is 7. The second kappa shape index (κ2) is 12.5. The molecule has 0 spiro atoms. The molecule has 0 saturated heterocycles. The highest BCUT2D eigenvalue weighted by Crippen LogP contribution is 2.45. The number of hydrogen-bond donors (Lipinski definition) is 0. The maximum atomic E-state index is 2.45.